The average molecular weight is 341 g/mol. The molecule has 2 fully saturated rings. The molecule has 7 heteroatoms. The van der Waals surface area contributed by atoms with Crippen LogP contribution in [0, 0.1) is 11.3 Å². The molecule has 0 radical (unpaired) electrons. The highest BCUT2D eigenvalue weighted by Crippen LogP contribution is 2.48. The summed E-state index contributed by atoms with van der Waals surface area (Å²) in [6.07, 6.45) is 7.80. The van der Waals surface area contributed by atoms with Gasteiger partial charge in [-0.25, -0.2) is 15.0 Å². The number of imidazole rings is 1. The number of methoxy groups -OCH3 is 1. The number of hydrogen-bond acceptors (Lipinski definition) is 5. The van der Waals surface area contributed by atoms with Gasteiger partial charge in [0.15, 0.2) is 0 Å². The number of nitrogens with zero attached hydrogens (tertiary/aromatic N) is 5. The van der Waals surface area contributed by atoms with Gasteiger partial charge in [0.05, 0.1) is 13.2 Å². The zero-order valence-corrected chi connectivity index (χ0v) is 14.8. The van der Waals surface area contributed by atoms with Gasteiger partial charge in [0, 0.05) is 37.0 Å². The number of rotatable bonds is 5. The Labute approximate surface area is 147 Å². The standard InChI is InChI=1S/C18H23N5O2/c1-18(2)10-23(17(24)13-8-14(25-3)21-11-20-13)15(18)16-19-6-7-22(16)9-12-4-5-12/h6-8,11-12,15H,4-5,9-10H2,1-3H3. The van der Waals surface area contributed by atoms with E-state index in [0.29, 0.717) is 18.1 Å². The number of carbonyl (C=O) groups excluding carboxylic acids is 1. The van der Waals surface area contributed by atoms with Gasteiger partial charge in [-0.05, 0) is 18.8 Å². The molecule has 7 nitrogen and oxygen atoms in total. The number of likely N-dealkylation sites (tertiary alicyclic amines) is 1. The van der Waals surface area contributed by atoms with Crippen LogP contribution in [0.5, 0.6) is 5.88 Å². The number of ether oxygens (including phenoxy) is 1. The van der Waals surface area contributed by atoms with E-state index in [4.69, 9.17) is 4.74 Å². The maximum absolute atomic E-state index is 13.0. The molecule has 0 aromatic carbocycles. The predicted octanol–water partition coefficient (Wildman–Crippen LogP) is 2.32. The highest BCUT2D eigenvalue weighted by atomic mass is 16.5. The van der Waals surface area contributed by atoms with Gasteiger partial charge >= 0.3 is 0 Å². The lowest BCUT2D eigenvalue weighted by atomic mass is 9.74. The van der Waals surface area contributed by atoms with Crippen molar-refractivity contribution < 1.29 is 9.53 Å². The van der Waals surface area contributed by atoms with E-state index in [0.717, 1.165) is 18.3 Å². The summed E-state index contributed by atoms with van der Waals surface area (Å²) in [6.45, 7) is 6.03. The number of carbonyl (C=O) groups is 1. The molecule has 4 rings (SSSR count). The molecule has 0 N–H and O–H groups in total. The molecular weight excluding hydrogens is 318 g/mol. The van der Waals surface area contributed by atoms with Gasteiger partial charge < -0.3 is 14.2 Å². The minimum Gasteiger partial charge on any atom is -0.481 e. The van der Waals surface area contributed by atoms with Crippen LogP contribution in [0.4, 0.5) is 0 Å². The summed E-state index contributed by atoms with van der Waals surface area (Å²) < 4.78 is 7.32. The SMILES string of the molecule is COc1cc(C(=O)N2CC(C)(C)C2c2nccn2CC2CC2)ncn1. The molecular formula is C18H23N5O2. The van der Waals surface area contributed by atoms with Gasteiger partial charge in [-0.1, -0.05) is 13.8 Å². The Bertz CT molecular complexity index is 796. The third-order valence-electron chi connectivity index (χ3n) is 5.10. The molecule has 1 aliphatic carbocycles. The minimum atomic E-state index is -0.106. The maximum Gasteiger partial charge on any atom is 0.273 e. The van der Waals surface area contributed by atoms with Crippen molar-refractivity contribution in [2.24, 2.45) is 11.3 Å². The highest BCUT2D eigenvalue weighted by molar-refractivity contribution is 5.93. The van der Waals surface area contributed by atoms with Crippen molar-refractivity contribution in [3.63, 3.8) is 0 Å². The molecule has 2 aromatic rings. The average Bonchev–Trinajstić information content (AvgIpc) is 3.31. The van der Waals surface area contributed by atoms with Crippen molar-refractivity contribution >= 4 is 5.91 Å². The summed E-state index contributed by atoms with van der Waals surface area (Å²) >= 11 is 0. The van der Waals surface area contributed by atoms with Gasteiger partial charge in [-0.3, -0.25) is 4.79 Å². The van der Waals surface area contributed by atoms with Crippen LogP contribution in [0.15, 0.2) is 24.8 Å². The Morgan fingerprint density at radius 1 is 1.32 bits per heavy atom. The highest BCUT2D eigenvalue weighted by Gasteiger charge is 2.51. The Balaban J connectivity index is 1.61. The quantitative estimate of drug-likeness (QED) is 0.834. The van der Waals surface area contributed by atoms with E-state index in [1.165, 1.54) is 26.3 Å². The van der Waals surface area contributed by atoms with Gasteiger partial charge in [-0.15, -0.1) is 0 Å². The van der Waals surface area contributed by atoms with Crippen molar-refractivity contribution in [1.82, 2.24) is 24.4 Å². The third-order valence-corrected chi connectivity index (χ3v) is 5.10. The molecule has 2 aliphatic rings. The molecule has 0 bridgehead atoms. The van der Waals surface area contributed by atoms with Gasteiger partial charge in [0.25, 0.3) is 5.91 Å². The number of hydrogen-bond donors (Lipinski definition) is 0. The van der Waals surface area contributed by atoms with E-state index in [1.807, 2.05) is 17.3 Å². The van der Waals surface area contributed by atoms with Crippen molar-refractivity contribution in [2.75, 3.05) is 13.7 Å². The maximum atomic E-state index is 13.0. The topological polar surface area (TPSA) is 73.1 Å². The van der Waals surface area contributed by atoms with E-state index in [-0.39, 0.29) is 17.4 Å². The molecule has 1 amide bonds. The van der Waals surface area contributed by atoms with Crippen LogP contribution in [0.1, 0.15) is 49.0 Å². The summed E-state index contributed by atoms with van der Waals surface area (Å²) in [5.41, 5.74) is 0.340. The number of aromatic nitrogens is 4. The normalized spacial score (nSPS) is 21.7. The Hall–Kier alpha value is -2.44. The number of amides is 1. The predicted molar refractivity (Wildman–Crippen MR) is 91.1 cm³/mol. The fourth-order valence-electron chi connectivity index (χ4n) is 3.62. The van der Waals surface area contributed by atoms with Crippen LogP contribution in [0.2, 0.25) is 0 Å². The summed E-state index contributed by atoms with van der Waals surface area (Å²) in [5, 5.41) is 0. The van der Waals surface area contributed by atoms with Crippen LogP contribution in [0.25, 0.3) is 0 Å². The zero-order valence-electron chi connectivity index (χ0n) is 14.8. The molecule has 132 valence electrons. The fourth-order valence-corrected chi connectivity index (χ4v) is 3.62. The molecule has 3 heterocycles. The van der Waals surface area contributed by atoms with Crippen LogP contribution in [0.3, 0.4) is 0 Å². The van der Waals surface area contributed by atoms with Crippen molar-refractivity contribution in [3.05, 3.63) is 36.3 Å². The Morgan fingerprint density at radius 2 is 2.12 bits per heavy atom. The van der Waals surface area contributed by atoms with Crippen molar-refractivity contribution in [2.45, 2.75) is 39.3 Å². The van der Waals surface area contributed by atoms with E-state index in [9.17, 15) is 4.79 Å². The Morgan fingerprint density at radius 3 is 2.80 bits per heavy atom. The van der Waals surface area contributed by atoms with E-state index < -0.39 is 0 Å². The van der Waals surface area contributed by atoms with Crippen LogP contribution >= 0.6 is 0 Å². The monoisotopic (exact) mass is 341 g/mol. The molecule has 1 saturated heterocycles. The summed E-state index contributed by atoms with van der Waals surface area (Å²) in [7, 11) is 1.53. The lowest BCUT2D eigenvalue weighted by Gasteiger charge is -2.53. The molecule has 1 saturated carbocycles. The van der Waals surface area contributed by atoms with Crippen LogP contribution < -0.4 is 4.74 Å². The Kier molecular flexibility index (Phi) is 3.74. The van der Waals surface area contributed by atoms with E-state index >= 15 is 0 Å². The lowest BCUT2D eigenvalue weighted by Crippen LogP contribution is -2.58. The molecule has 1 aliphatic heterocycles. The van der Waals surface area contributed by atoms with E-state index in [1.54, 1.807) is 6.07 Å². The first-order chi connectivity index (χ1) is 12.0. The molecule has 2 aromatic heterocycles. The first kappa shape index (κ1) is 16.1. The first-order valence-corrected chi connectivity index (χ1v) is 8.67. The fraction of sp³-hybridized carbons (Fsp3) is 0.556. The molecule has 1 unspecified atom stereocenters. The lowest BCUT2D eigenvalue weighted by molar-refractivity contribution is -0.0383. The smallest absolute Gasteiger partial charge is 0.273 e. The summed E-state index contributed by atoms with van der Waals surface area (Å²) in [4.78, 5) is 27.5. The van der Waals surface area contributed by atoms with Gasteiger partial charge in [-0.2, -0.15) is 0 Å². The third kappa shape index (κ3) is 2.88. The van der Waals surface area contributed by atoms with Crippen molar-refractivity contribution in [1.29, 1.82) is 0 Å². The molecule has 25 heavy (non-hydrogen) atoms. The minimum absolute atomic E-state index is 0.0145. The van der Waals surface area contributed by atoms with E-state index in [2.05, 4.69) is 33.4 Å². The molecule has 0 spiro atoms. The second kappa shape index (κ2) is 5.82. The van der Waals surface area contributed by atoms with Crippen LogP contribution in [-0.2, 0) is 6.54 Å². The van der Waals surface area contributed by atoms with Crippen LogP contribution in [-0.4, -0.2) is 44.0 Å². The van der Waals surface area contributed by atoms with Crippen molar-refractivity contribution in [3.8, 4) is 5.88 Å². The van der Waals surface area contributed by atoms with Gasteiger partial charge in [0.1, 0.15) is 17.8 Å². The summed E-state index contributed by atoms with van der Waals surface area (Å²) in [6, 6.07) is 1.54. The summed E-state index contributed by atoms with van der Waals surface area (Å²) in [5.74, 6) is 2.01. The van der Waals surface area contributed by atoms with Gasteiger partial charge in [0.2, 0.25) is 5.88 Å². The second-order valence-corrected chi connectivity index (χ2v) is 7.65. The second-order valence-electron chi connectivity index (χ2n) is 7.65. The first-order valence-electron chi connectivity index (χ1n) is 8.67. The largest absolute Gasteiger partial charge is 0.481 e. The zero-order chi connectivity index (χ0) is 17.6. The molecule has 1 atom stereocenters.